The Morgan fingerprint density at radius 3 is 3.04 bits per heavy atom. The Labute approximate surface area is 149 Å². The number of nitrogens with one attached hydrogen (secondary N) is 1. The molecule has 0 bridgehead atoms. The maximum atomic E-state index is 12.4. The van der Waals surface area contributed by atoms with Crippen molar-refractivity contribution in [1.29, 1.82) is 0 Å². The SMILES string of the molecule is NC(=O)CN1CCC[C@H](C(=O)NCc2csc(-c3cnccn3)n2)C1. The first-order chi connectivity index (χ1) is 12.1. The Bertz CT molecular complexity index is 735. The number of hydrogen-bond acceptors (Lipinski definition) is 7. The van der Waals surface area contributed by atoms with Crippen LogP contribution in [0.4, 0.5) is 0 Å². The predicted octanol–water partition coefficient (Wildman–Crippen LogP) is 0.414. The molecule has 0 aromatic carbocycles. The molecule has 25 heavy (non-hydrogen) atoms. The Balaban J connectivity index is 1.52. The van der Waals surface area contributed by atoms with Gasteiger partial charge in [-0.1, -0.05) is 0 Å². The molecule has 0 unspecified atom stereocenters. The smallest absolute Gasteiger partial charge is 0.231 e. The molecule has 3 rings (SSSR count). The normalized spacial score (nSPS) is 18.0. The quantitative estimate of drug-likeness (QED) is 0.771. The van der Waals surface area contributed by atoms with Crippen LogP contribution in [0, 0.1) is 5.92 Å². The van der Waals surface area contributed by atoms with E-state index in [1.165, 1.54) is 11.3 Å². The molecule has 1 aliphatic heterocycles. The van der Waals surface area contributed by atoms with E-state index >= 15 is 0 Å². The van der Waals surface area contributed by atoms with Gasteiger partial charge in [0.2, 0.25) is 11.8 Å². The first kappa shape index (κ1) is 17.4. The molecular weight excluding hydrogens is 340 g/mol. The summed E-state index contributed by atoms with van der Waals surface area (Å²) in [5, 5.41) is 5.62. The molecule has 0 saturated carbocycles. The van der Waals surface area contributed by atoms with Crippen LogP contribution < -0.4 is 11.1 Å². The predicted molar refractivity (Wildman–Crippen MR) is 93.3 cm³/mol. The van der Waals surface area contributed by atoms with Crippen LogP contribution in [-0.2, 0) is 16.1 Å². The van der Waals surface area contributed by atoms with Crippen LogP contribution >= 0.6 is 11.3 Å². The van der Waals surface area contributed by atoms with Crippen LogP contribution in [0.25, 0.3) is 10.7 Å². The summed E-state index contributed by atoms with van der Waals surface area (Å²) in [5.41, 5.74) is 6.75. The Morgan fingerprint density at radius 2 is 2.28 bits per heavy atom. The van der Waals surface area contributed by atoms with Gasteiger partial charge in [-0.15, -0.1) is 11.3 Å². The van der Waals surface area contributed by atoms with Gasteiger partial charge in [-0.3, -0.25) is 24.5 Å². The van der Waals surface area contributed by atoms with E-state index < -0.39 is 0 Å². The topological polar surface area (TPSA) is 114 Å². The highest BCUT2D eigenvalue weighted by Crippen LogP contribution is 2.21. The molecule has 9 heteroatoms. The van der Waals surface area contributed by atoms with Gasteiger partial charge < -0.3 is 11.1 Å². The number of amides is 2. The summed E-state index contributed by atoms with van der Waals surface area (Å²) in [4.78, 5) is 38.1. The van der Waals surface area contributed by atoms with Gasteiger partial charge in [0.1, 0.15) is 10.7 Å². The molecule has 0 radical (unpaired) electrons. The van der Waals surface area contributed by atoms with E-state index in [9.17, 15) is 9.59 Å². The molecule has 2 aromatic heterocycles. The summed E-state index contributed by atoms with van der Waals surface area (Å²) in [6.45, 7) is 1.95. The minimum absolute atomic E-state index is 0.0109. The van der Waals surface area contributed by atoms with Gasteiger partial charge in [-0.05, 0) is 19.4 Å². The van der Waals surface area contributed by atoms with Gasteiger partial charge in [0.05, 0.1) is 30.9 Å². The van der Waals surface area contributed by atoms with Crippen LogP contribution in [0.5, 0.6) is 0 Å². The third-order valence-electron chi connectivity index (χ3n) is 4.03. The van der Waals surface area contributed by atoms with E-state index in [0.717, 1.165) is 35.8 Å². The minimum atomic E-state index is -0.361. The maximum Gasteiger partial charge on any atom is 0.231 e. The first-order valence-corrected chi connectivity index (χ1v) is 8.99. The highest BCUT2D eigenvalue weighted by atomic mass is 32.1. The number of carbonyl (C=O) groups excluding carboxylic acids is 2. The number of nitrogens with zero attached hydrogens (tertiary/aromatic N) is 4. The molecule has 1 saturated heterocycles. The molecule has 1 fully saturated rings. The van der Waals surface area contributed by atoms with Gasteiger partial charge >= 0.3 is 0 Å². The van der Waals surface area contributed by atoms with E-state index in [4.69, 9.17) is 5.73 Å². The van der Waals surface area contributed by atoms with E-state index in [2.05, 4.69) is 20.3 Å². The van der Waals surface area contributed by atoms with Crippen LogP contribution in [0.15, 0.2) is 24.0 Å². The van der Waals surface area contributed by atoms with Crippen LogP contribution in [-0.4, -0.2) is 51.3 Å². The monoisotopic (exact) mass is 360 g/mol. The molecule has 8 nitrogen and oxygen atoms in total. The van der Waals surface area contributed by atoms with Crippen molar-refractivity contribution in [2.24, 2.45) is 11.7 Å². The van der Waals surface area contributed by atoms with Crippen molar-refractivity contribution in [2.45, 2.75) is 19.4 Å². The van der Waals surface area contributed by atoms with Crippen LogP contribution in [0.3, 0.4) is 0 Å². The number of hydrogen-bond donors (Lipinski definition) is 2. The third kappa shape index (κ3) is 4.80. The second-order valence-electron chi connectivity index (χ2n) is 5.99. The molecule has 132 valence electrons. The number of rotatable bonds is 6. The molecule has 1 aliphatic rings. The van der Waals surface area contributed by atoms with Gasteiger partial charge in [0.15, 0.2) is 0 Å². The Morgan fingerprint density at radius 1 is 1.40 bits per heavy atom. The average Bonchev–Trinajstić information content (AvgIpc) is 3.09. The van der Waals surface area contributed by atoms with E-state index in [1.54, 1.807) is 18.6 Å². The van der Waals surface area contributed by atoms with Crippen molar-refractivity contribution in [1.82, 2.24) is 25.2 Å². The summed E-state index contributed by atoms with van der Waals surface area (Å²) in [6.07, 6.45) is 6.61. The summed E-state index contributed by atoms with van der Waals surface area (Å²) in [7, 11) is 0. The van der Waals surface area contributed by atoms with E-state index in [1.807, 2.05) is 10.3 Å². The van der Waals surface area contributed by atoms with Crippen molar-refractivity contribution in [3.63, 3.8) is 0 Å². The lowest BCUT2D eigenvalue weighted by atomic mass is 9.97. The standard InChI is InChI=1S/C16H20N6O2S/c17-14(23)9-22-5-1-2-11(8-22)15(24)20-6-12-10-25-16(21-12)13-7-18-3-4-19-13/h3-4,7,10-11H,1-2,5-6,8-9H2,(H2,17,23)(H,20,24)/t11-/m0/s1. The van der Waals surface area contributed by atoms with Crippen molar-refractivity contribution in [3.05, 3.63) is 29.7 Å². The summed E-state index contributed by atoms with van der Waals surface area (Å²) in [6, 6.07) is 0. The average molecular weight is 360 g/mol. The lowest BCUT2D eigenvalue weighted by Crippen LogP contribution is -2.45. The molecular formula is C16H20N6O2S. The number of aromatic nitrogens is 3. The van der Waals surface area contributed by atoms with E-state index in [-0.39, 0.29) is 24.3 Å². The molecule has 1 atom stereocenters. The lowest BCUT2D eigenvalue weighted by molar-refractivity contribution is -0.128. The largest absolute Gasteiger partial charge is 0.369 e. The number of likely N-dealkylation sites (tertiary alicyclic amines) is 1. The maximum absolute atomic E-state index is 12.4. The number of primary amides is 1. The summed E-state index contributed by atoms with van der Waals surface area (Å²) < 4.78 is 0. The minimum Gasteiger partial charge on any atom is -0.369 e. The number of piperidine rings is 1. The zero-order chi connectivity index (χ0) is 17.6. The van der Waals surface area contributed by atoms with Crippen LogP contribution in [0.1, 0.15) is 18.5 Å². The molecule has 0 spiro atoms. The van der Waals surface area contributed by atoms with Gasteiger partial charge in [0, 0.05) is 24.3 Å². The Kier molecular flexibility index (Phi) is 5.67. The summed E-state index contributed by atoms with van der Waals surface area (Å²) in [5.74, 6) is -0.491. The number of nitrogens with two attached hydrogens (primary N) is 1. The molecule has 3 N–H and O–H groups in total. The highest BCUT2D eigenvalue weighted by Gasteiger charge is 2.26. The zero-order valence-corrected chi connectivity index (χ0v) is 14.5. The fourth-order valence-electron chi connectivity index (χ4n) is 2.87. The number of thiazole rings is 1. The molecule has 2 aromatic rings. The zero-order valence-electron chi connectivity index (χ0n) is 13.7. The van der Waals surface area contributed by atoms with E-state index in [0.29, 0.717) is 13.1 Å². The molecule has 2 amide bonds. The van der Waals surface area contributed by atoms with Gasteiger partial charge in [-0.2, -0.15) is 0 Å². The lowest BCUT2D eigenvalue weighted by Gasteiger charge is -2.30. The fraction of sp³-hybridized carbons (Fsp3) is 0.438. The third-order valence-corrected chi connectivity index (χ3v) is 4.95. The van der Waals surface area contributed by atoms with Crippen molar-refractivity contribution in [2.75, 3.05) is 19.6 Å². The first-order valence-electron chi connectivity index (χ1n) is 8.11. The highest BCUT2D eigenvalue weighted by molar-refractivity contribution is 7.13. The van der Waals surface area contributed by atoms with Crippen molar-refractivity contribution < 1.29 is 9.59 Å². The van der Waals surface area contributed by atoms with Crippen molar-refractivity contribution in [3.8, 4) is 10.7 Å². The van der Waals surface area contributed by atoms with Gasteiger partial charge in [-0.25, -0.2) is 4.98 Å². The number of carbonyl (C=O) groups is 2. The second-order valence-corrected chi connectivity index (χ2v) is 6.85. The molecule has 3 heterocycles. The fourth-order valence-corrected chi connectivity index (χ4v) is 3.65. The molecule has 0 aliphatic carbocycles. The summed E-state index contributed by atoms with van der Waals surface area (Å²) >= 11 is 1.47. The van der Waals surface area contributed by atoms with Crippen LogP contribution in [0.2, 0.25) is 0 Å². The van der Waals surface area contributed by atoms with Crippen molar-refractivity contribution >= 4 is 23.2 Å². The second kappa shape index (κ2) is 8.13. The van der Waals surface area contributed by atoms with Gasteiger partial charge in [0.25, 0.3) is 0 Å². The Hall–Kier alpha value is -2.39.